The maximum atomic E-state index is 12.6. The van der Waals surface area contributed by atoms with E-state index in [1.165, 1.54) is 24.9 Å². The minimum Gasteiger partial charge on any atom is -0.467 e. The Hall–Kier alpha value is -2.04. The van der Waals surface area contributed by atoms with Crippen molar-refractivity contribution < 1.29 is 17.6 Å². The number of carbonyl (C=O) groups is 1. The quantitative estimate of drug-likeness (QED) is 0.428. The first-order chi connectivity index (χ1) is 13.3. The van der Waals surface area contributed by atoms with E-state index in [0.29, 0.717) is 22.6 Å². The van der Waals surface area contributed by atoms with Gasteiger partial charge in [0.2, 0.25) is 5.91 Å². The third kappa shape index (κ3) is 5.73. The fourth-order valence-electron chi connectivity index (χ4n) is 2.56. The standard InChI is InChI=1S/C18H23N3O4S3/c1-4-13(14-6-5-9-25-14)20-17(22)11-12-7-8-15(27-3)16(10-12)28(23,24)21-18(26)19-2/h5-10,13H,4,11H2,1-3H3,(H,20,22)(H2,19,21,26). The van der Waals surface area contributed by atoms with Crippen LogP contribution in [0.15, 0.2) is 50.8 Å². The number of hydrogen-bond acceptors (Lipinski definition) is 6. The van der Waals surface area contributed by atoms with Crippen LogP contribution in [-0.2, 0) is 21.2 Å². The van der Waals surface area contributed by atoms with Crippen molar-refractivity contribution in [2.24, 2.45) is 0 Å². The van der Waals surface area contributed by atoms with Crippen molar-refractivity contribution in [2.75, 3.05) is 13.3 Å². The Morgan fingerprint density at radius 2 is 2.07 bits per heavy atom. The molecule has 7 nitrogen and oxygen atoms in total. The summed E-state index contributed by atoms with van der Waals surface area (Å²) in [7, 11) is -2.33. The molecule has 0 aliphatic carbocycles. The van der Waals surface area contributed by atoms with Crippen LogP contribution in [0.2, 0.25) is 0 Å². The van der Waals surface area contributed by atoms with E-state index in [-0.39, 0.29) is 28.4 Å². The van der Waals surface area contributed by atoms with Crippen molar-refractivity contribution in [3.63, 3.8) is 0 Å². The first-order valence-electron chi connectivity index (χ1n) is 8.55. The van der Waals surface area contributed by atoms with Crippen LogP contribution >= 0.6 is 24.0 Å². The van der Waals surface area contributed by atoms with Gasteiger partial charge in [-0.1, -0.05) is 13.0 Å². The lowest BCUT2D eigenvalue weighted by Gasteiger charge is -2.16. The van der Waals surface area contributed by atoms with Crippen LogP contribution in [0.5, 0.6) is 0 Å². The highest BCUT2D eigenvalue weighted by atomic mass is 32.2. The van der Waals surface area contributed by atoms with Gasteiger partial charge in [-0.2, -0.15) is 0 Å². The molecule has 3 N–H and O–H groups in total. The summed E-state index contributed by atoms with van der Waals surface area (Å²) >= 11 is 6.21. The van der Waals surface area contributed by atoms with E-state index in [9.17, 15) is 13.2 Å². The predicted molar refractivity (Wildman–Crippen MR) is 114 cm³/mol. The van der Waals surface area contributed by atoms with Crippen molar-refractivity contribution in [1.82, 2.24) is 15.4 Å². The Morgan fingerprint density at radius 1 is 1.32 bits per heavy atom. The predicted octanol–water partition coefficient (Wildman–Crippen LogP) is 2.59. The van der Waals surface area contributed by atoms with Crippen LogP contribution in [0, 0.1) is 0 Å². The van der Waals surface area contributed by atoms with E-state index in [1.54, 1.807) is 30.7 Å². The second kappa shape index (κ2) is 9.94. The SMILES string of the molecule is CCC(NC(=O)Cc1ccc(SC)c(S(=O)(=O)NC(=S)NC)c1)c1ccco1. The lowest BCUT2D eigenvalue weighted by Crippen LogP contribution is -2.37. The first kappa shape index (κ1) is 22.3. The van der Waals surface area contributed by atoms with Gasteiger partial charge in [0.1, 0.15) is 10.7 Å². The molecule has 28 heavy (non-hydrogen) atoms. The third-order valence-electron chi connectivity index (χ3n) is 3.97. The van der Waals surface area contributed by atoms with Crippen molar-refractivity contribution >= 4 is 45.0 Å². The number of rotatable bonds is 8. The van der Waals surface area contributed by atoms with E-state index >= 15 is 0 Å². The molecule has 1 aromatic heterocycles. The summed E-state index contributed by atoms with van der Waals surface area (Å²) in [5.41, 5.74) is 0.584. The summed E-state index contributed by atoms with van der Waals surface area (Å²) in [4.78, 5) is 13.1. The van der Waals surface area contributed by atoms with Gasteiger partial charge in [-0.05, 0) is 54.7 Å². The Morgan fingerprint density at radius 3 is 2.64 bits per heavy atom. The van der Waals surface area contributed by atoms with Crippen LogP contribution < -0.4 is 15.4 Å². The zero-order chi connectivity index (χ0) is 20.7. The van der Waals surface area contributed by atoms with Crippen LogP contribution in [0.3, 0.4) is 0 Å². The summed E-state index contributed by atoms with van der Waals surface area (Å²) in [6.07, 6.45) is 4.07. The minimum atomic E-state index is -3.86. The maximum absolute atomic E-state index is 12.6. The number of amides is 1. The number of thioether (sulfide) groups is 1. The monoisotopic (exact) mass is 441 g/mol. The van der Waals surface area contributed by atoms with Gasteiger partial charge in [-0.3, -0.25) is 9.52 Å². The second-order valence-electron chi connectivity index (χ2n) is 5.89. The van der Waals surface area contributed by atoms with Gasteiger partial charge >= 0.3 is 0 Å². The molecule has 0 saturated carbocycles. The van der Waals surface area contributed by atoms with Crippen LogP contribution in [0.4, 0.5) is 0 Å². The Bertz CT molecular complexity index is 928. The number of sulfonamides is 1. The van der Waals surface area contributed by atoms with Gasteiger partial charge in [0, 0.05) is 11.9 Å². The Balaban J connectivity index is 2.20. The molecule has 2 aromatic rings. The first-order valence-corrected chi connectivity index (χ1v) is 11.7. The molecular weight excluding hydrogens is 418 g/mol. The maximum Gasteiger partial charge on any atom is 0.264 e. The molecule has 0 radical (unpaired) electrons. The molecular formula is C18H23N3O4S3. The van der Waals surface area contributed by atoms with Gasteiger partial charge in [-0.15, -0.1) is 11.8 Å². The van der Waals surface area contributed by atoms with Crippen molar-refractivity contribution in [3.8, 4) is 0 Å². The van der Waals surface area contributed by atoms with Crippen molar-refractivity contribution in [2.45, 2.75) is 35.6 Å². The van der Waals surface area contributed by atoms with E-state index in [4.69, 9.17) is 16.6 Å². The number of carbonyl (C=O) groups excluding carboxylic acids is 1. The van der Waals surface area contributed by atoms with E-state index in [0.717, 1.165) is 0 Å². The highest BCUT2D eigenvalue weighted by Crippen LogP contribution is 2.26. The van der Waals surface area contributed by atoms with E-state index < -0.39 is 10.0 Å². The molecule has 0 fully saturated rings. The normalized spacial score (nSPS) is 12.2. The number of hydrogen-bond donors (Lipinski definition) is 3. The van der Waals surface area contributed by atoms with Crippen LogP contribution in [-0.4, -0.2) is 32.7 Å². The van der Waals surface area contributed by atoms with Crippen LogP contribution in [0.1, 0.15) is 30.7 Å². The Labute approximate surface area is 174 Å². The molecule has 1 unspecified atom stereocenters. The third-order valence-corrected chi connectivity index (χ3v) is 6.72. The minimum absolute atomic E-state index is 0.000524. The van der Waals surface area contributed by atoms with Gasteiger partial charge in [0.05, 0.1) is 18.7 Å². The van der Waals surface area contributed by atoms with Crippen LogP contribution in [0.25, 0.3) is 0 Å². The molecule has 0 spiro atoms. The summed E-state index contributed by atoms with van der Waals surface area (Å²) in [5, 5.41) is 5.49. The van der Waals surface area contributed by atoms with Gasteiger partial charge in [-0.25, -0.2) is 8.42 Å². The van der Waals surface area contributed by atoms with Crippen molar-refractivity contribution in [3.05, 3.63) is 47.9 Å². The summed E-state index contributed by atoms with van der Waals surface area (Å²) < 4.78 is 32.9. The molecule has 0 bridgehead atoms. The molecule has 152 valence electrons. The second-order valence-corrected chi connectivity index (χ2v) is 8.80. The lowest BCUT2D eigenvalue weighted by molar-refractivity contribution is -0.121. The number of benzene rings is 1. The average molecular weight is 442 g/mol. The summed E-state index contributed by atoms with van der Waals surface area (Å²) in [6, 6.07) is 8.28. The lowest BCUT2D eigenvalue weighted by atomic mass is 10.1. The zero-order valence-electron chi connectivity index (χ0n) is 15.8. The van der Waals surface area contributed by atoms with Crippen molar-refractivity contribution in [1.29, 1.82) is 0 Å². The largest absolute Gasteiger partial charge is 0.467 e. The molecule has 1 atom stereocenters. The fraction of sp³-hybridized carbons (Fsp3) is 0.333. The molecule has 1 aromatic carbocycles. The molecule has 0 aliphatic heterocycles. The molecule has 0 aliphatic rings. The zero-order valence-corrected chi connectivity index (χ0v) is 18.3. The average Bonchev–Trinajstić information content (AvgIpc) is 3.20. The Kier molecular flexibility index (Phi) is 7.90. The highest BCUT2D eigenvalue weighted by Gasteiger charge is 2.21. The fourth-order valence-corrected chi connectivity index (χ4v) is 5.03. The molecule has 1 amide bonds. The van der Waals surface area contributed by atoms with E-state index in [2.05, 4.69) is 15.4 Å². The summed E-state index contributed by atoms with van der Waals surface area (Å²) in [6.45, 7) is 1.95. The van der Waals surface area contributed by atoms with Gasteiger partial charge < -0.3 is 15.1 Å². The topological polar surface area (TPSA) is 100 Å². The smallest absolute Gasteiger partial charge is 0.264 e. The van der Waals surface area contributed by atoms with Gasteiger partial charge in [0.15, 0.2) is 5.11 Å². The molecule has 0 saturated heterocycles. The molecule has 10 heteroatoms. The highest BCUT2D eigenvalue weighted by molar-refractivity contribution is 7.99. The number of furan rings is 1. The molecule has 1 heterocycles. The number of nitrogens with one attached hydrogen (secondary N) is 3. The van der Waals surface area contributed by atoms with Gasteiger partial charge in [0.25, 0.3) is 10.0 Å². The summed E-state index contributed by atoms with van der Waals surface area (Å²) in [5.74, 6) is 0.462. The van der Waals surface area contributed by atoms with E-state index in [1.807, 2.05) is 13.0 Å². The number of thiocarbonyl (C=S) groups is 1. The molecule has 2 rings (SSSR count).